The van der Waals surface area contributed by atoms with E-state index < -0.39 is 0 Å². The second kappa shape index (κ2) is 21.0. The highest BCUT2D eigenvalue weighted by Gasteiger charge is 2.43. The first kappa shape index (κ1) is 45.8. The van der Waals surface area contributed by atoms with Crippen LogP contribution >= 0.6 is 0 Å². The molecule has 0 aliphatic heterocycles. The van der Waals surface area contributed by atoms with Crippen molar-refractivity contribution in [3.05, 3.63) is 106 Å². The normalized spacial score (nSPS) is 12.8. The Hall–Kier alpha value is -2.32. The summed E-state index contributed by atoms with van der Waals surface area (Å²) in [4.78, 5) is 0. The van der Waals surface area contributed by atoms with Crippen molar-refractivity contribution < 1.29 is 4.48 Å². The first-order valence-electron chi connectivity index (χ1n) is 21.3. The van der Waals surface area contributed by atoms with Gasteiger partial charge < -0.3 is 12.3 Å². The SMILES string of the molecule is CCCC[N+](CCCC)(CCCC)CCCC.[B-]CCCC(c1ccccc1C(C)(C)C)(c1ccccc1C(C)(C)C)c1ccccc1C(C)(C)C. The van der Waals surface area contributed by atoms with Gasteiger partial charge in [0.25, 0.3) is 0 Å². The zero-order chi connectivity index (χ0) is 39.1. The predicted molar refractivity (Wildman–Crippen MR) is 234 cm³/mol. The van der Waals surface area contributed by atoms with Crippen LogP contribution in [0.3, 0.4) is 0 Å². The first-order valence-corrected chi connectivity index (χ1v) is 21.3. The second-order valence-corrected chi connectivity index (χ2v) is 18.8. The molecule has 0 N–H and O–H groups in total. The smallest absolute Gasteiger partial charge is 0.0786 e. The van der Waals surface area contributed by atoms with Crippen molar-refractivity contribution in [2.45, 2.75) is 182 Å². The van der Waals surface area contributed by atoms with Gasteiger partial charge in [-0.1, -0.05) is 195 Å². The fourth-order valence-corrected chi connectivity index (χ4v) is 8.38. The Labute approximate surface area is 325 Å². The Kier molecular flexibility index (Phi) is 18.5. The summed E-state index contributed by atoms with van der Waals surface area (Å²) in [5.41, 5.74) is 8.18. The highest BCUT2D eigenvalue weighted by atomic mass is 15.3. The Morgan fingerprint density at radius 1 is 0.404 bits per heavy atom. The van der Waals surface area contributed by atoms with Crippen LogP contribution in [0.4, 0.5) is 0 Å². The van der Waals surface area contributed by atoms with Crippen LogP contribution in [0, 0.1) is 0 Å². The van der Waals surface area contributed by atoms with Gasteiger partial charge in [0, 0.05) is 5.41 Å². The van der Waals surface area contributed by atoms with Crippen molar-refractivity contribution >= 4 is 7.85 Å². The molecule has 52 heavy (non-hydrogen) atoms. The van der Waals surface area contributed by atoms with Crippen LogP contribution in [0.25, 0.3) is 0 Å². The van der Waals surface area contributed by atoms with E-state index in [4.69, 9.17) is 7.85 Å². The predicted octanol–water partition coefficient (Wildman–Crippen LogP) is 14.3. The monoisotopic (exact) mass is 707 g/mol. The molecule has 3 aromatic rings. The van der Waals surface area contributed by atoms with E-state index in [0.29, 0.717) is 6.32 Å². The fourth-order valence-electron chi connectivity index (χ4n) is 8.38. The number of benzene rings is 3. The Balaban J connectivity index is 0.000000465. The second-order valence-electron chi connectivity index (χ2n) is 18.8. The number of hydrogen-bond acceptors (Lipinski definition) is 0. The highest BCUT2D eigenvalue weighted by molar-refractivity contribution is 6.08. The molecule has 3 aromatic carbocycles. The summed E-state index contributed by atoms with van der Waals surface area (Å²) in [6.45, 7) is 36.1. The molecule has 289 valence electrons. The van der Waals surface area contributed by atoms with E-state index in [9.17, 15) is 0 Å². The van der Waals surface area contributed by atoms with Gasteiger partial charge in [-0.2, -0.15) is 0 Å². The van der Waals surface area contributed by atoms with Crippen molar-refractivity contribution in [2.24, 2.45) is 0 Å². The molecular formula is C50H81BN. The lowest BCUT2D eigenvalue weighted by Gasteiger charge is -2.45. The molecule has 0 saturated heterocycles. The molecule has 0 spiro atoms. The lowest BCUT2D eigenvalue weighted by atomic mass is 9.58. The summed E-state index contributed by atoms with van der Waals surface area (Å²) in [5, 5.41) is 0. The van der Waals surface area contributed by atoms with Crippen LogP contribution < -0.4 is 0 Å². The van der Waals surface area contributed by atoms with Crippen LogP contribution in [0.2, 0.25) is 6.32 Å². The summed E-state index contributed by atoms with van der Waals surface area (Å²) in [6.07, 6.45) is 13.7. The summed E-state index contributed by atoms with van der Waals surface area (Å²) in [5.74, 6) is 0. The molecule has 0 heterocycles. The van der Waals surface area contributed by atoms with E-state index in [0.717, 1.165) is 12.8 Å². The third-order valence-corrected chi connectivity index (χ3v) is 11.3. The lowest BCUT2D eigenvalue weighted by Crippen LogP contribution is -2.50. The average Bonchev–Trinajstić information content (AvgIpc) is 3.11. The molecule has 0 atom stereocenters. The maximum Gasteiger partial charge on any atom is 0.0786 e. The standard InChI is InChI=1S/C34H45B.C16H36N/c1-31(2,3)25-17-10-13-20-28(25)34(23-16-24-35,29-21-14-11-18-26(29)32(4,5)6)30-22-15-12-19-27(30)33(7,8)9;1-5-9-13-17(14-10-6-2,15-11-7-3)16-12-8-4/h10-15,17-22H,16,23-24H2,1-9H3;5-16H2,1-4H3/q-1;+1. The zero-order valence-electron chi connectivity index (χ0n) is 36.6. The molecule has 0 saturated carbocycles. The molecule has 2 heteroatoms. The van der Waals surface area contributed by atoms with E-state index in [2.05, 4.69) is 163 Å². The van der Waals surface area contributed by atoms with Crippen molar-refractivity contribution in [3.63, 3.8) is 0 Å². The van der Waals surface area contributed by atoms with Gasteiger partial charge in [-0.15, -0.1) is 0 Å². The molecule has 0 bridgehead atoms. The minimum absolute atomic E-state index is 0.0118. The third-order valence-electron chi connectivity index (χ3n) is 11.3. The van der Waals surface area contributed by atoms with Gasteiger partial charge >= 0.3 is 0 Å². The van der Waals surface area contributed by atoms with E-state index in [1.165, 1.54) is 115 Å². The number of hydrogen-bond donors (Lipinski definition) is 0. The first-order chi connectivity index (χ1) is 24.5. The van der Waals surface area contributed by atoms with Crippen molar-refractivity contribution in [1.29, 1.82) is 0 Å². The quantitative estimate of drug-likeness (QED) is 0.0702. The van der Waals surface area contributed by atoms with Gasteiger partial charge in [-0.25, -0.2) is 0 Å². The zero-order valence-corrected chi connectivity index (χ0v) is 36.6. The minimum atomic E-state index is -0.309. The van der Waals surface area contributed by atoms with Gasteiger partial charge in [0.1, 0.15) is 0 Å². The molecule has 1 nitrogen and oxygen atoms in total. The van der Waals surface area contributed by atoms with E-state index in [1.807, 2.05) is 0 Å². The van der Waals surface area contributed by atoms with Crippen LogP contribution in [-0.4, -0.2) is 38.5 Å². The topological polar surface area (TPSA) is 0 Å². The van der Waals surface area contributed by atoms with Crippen LogP contribution in [0.15, 0.2) is 72.8 Å². The highest BCUT2D eigenvalue weighted by Crippen LogP contribution is 2.51. The molecule has 0 unspecified atom stereocenters. The van der Waals surface area contributed by atoms with Crippen LogP contribution in [-0.2, 0) is 21.7 Å². The largest absolute Gasteiger partial charge is 0.626 e. The summed E-state index contributed by atoms with van der Waals surface area (Å²) in [6, 6.07) is 27.4. The van der Waals surface area contributed by atoms with E-state index in [-0.39, 0.29) is 21.7 Å². The molecular weight excluding hydrogens is 625 g/mol. The maximum absolute atomic E-state index is 6.24. The van der Waals surface area contributed by atoms with Gasteiger partial charge in [-0.3, -0.25) is 6.32 Å². The lowest BCUT2D eigenvalue weighted by molar-refractivity contribution is -0.929. The van der Waals surface area contributed by atoms with Gasteiger partial charge in [-0.05, 0) is 81.7 Å². The average molecular weight is 707 g/mol. The van der Waals surface area contributed by atoms with Crippen molar-refractivity contribution in [3.8, 4) is 0 Å². The molecule has 0 aliphatic rings. The van der Waals surface area contributed by atoms with Crippen LogP contribution in [0.1, 0.15) is 188 Å². The number of nitrogens with zero attached hydrogens (tertiary/aromatic N) is 1. The van der Waals surface area contributed by atoms with Crippen molar-refractivity contribution in [1.82, 2.24) is 0 Å². The van der Waals surface area contributed by atoms with E-state index in [1.54, 1.807) is 0 Å². The third kappa shape index (κ3) is 12.4. The fraction of sp³-hybridized carbons (Fsp3) is 0.640. The van der Waals surface area contributed by atoms with Crippen LogP contribution in [0.5, 0.6) is 0 Å². The van der Waals surface area contributed by atoms with Gasteiger partial charge in [0.05, 0.1) is 26.2 Å². The minimum Gasteiger partial charge on any atom is -0.626 e. The van der Waals surface area contributed by atoms with Gasteiger partial charge in [0.15, 0.2) is 0 Å². The van der Waals surface area contributed by atoms with Crippen molar-refractivity contribution in [2.75, 3.05) is 26.2 Å². The molecule has 3 radical (unpaired) electrons. The summed E-state index contributed by atoms with van der Waals surface area (Å²) >= 11 is 0. The summed E-state index contributed by atoms with van der Waals surface area (Å²) in [7, 11) is 6.24. The maximum atomic E-state index is 6.24. The summed E-state index contributed by atoms with van der Waals surface area (Å²) < 4.78 is 1.42. The van der Waals surface area contributed by atoms with Gasteiger partial charge in [0.2, 0.25) is 0 Å². The Morgan fingerprint density at radius 2 is 0.654 bits per heavy atom. The number of quaternary nitrogens is 1. The molecule has 0 fully saturated rings. The molecule has 0 aromatic heterocycles. The Bertz CT molecular complexity index is 1250. The van der Waals surface area contributed by atoms with E-state index >= 15 is 0 Å². The number of unbranched alkanes of at least 4 members (excludes halogenated alkanes) is 4. The number of rotatable bonds is 18. The molecule has 3 rings (SSSR count). The molecule has 0 aliphatic carbocycles. The molecule has 0 amide bonds. The Morgan fingerprint density at radius 3 is 0.865 bits per heavy atom.